The number of amides is 1. The molecule has 10 heteroatoms. The second-order valence-electron chi connectivity index (χ2n) is 12.6. The van der Waals surface area contributed by atoms with Gasteiger partial charge in [0.2, 0.25) is 0 Å². The summed E-state index contributed by atoms with van der Waals surface area (Å²) in [6, 6.07) is 9.97. The van der Waals surface area contributed by atoms with Gasteiger partial charge in [0.05, 0.1) is 11.2 Å². The zero-order valence-corrected chi connectivity index (χ0v) is 26.4. The molecule has 1 saturated heterocycles. The van der Waals surface area contributed by atoms with Gasteiger partial charge in [-0.1, -0.05) is 25.1 Å². The molecule has 228 valence electrons. The monoisotopic (exact) mass is 594 g/mol. The number of unbranched alkanes of at least 4 members (excludes halogenated alkanes) is 1. The summed E-state index contributed by atoms with van der Waals surface area (Å²) in [4.78, 5) is 39.7. The molecule has 5 rings (SSSR count). The Morgan fingerprint density at radius 1 is 1.12 bits per heavy atom. The quantitative estimate of drug-likeness (QED) is 0.337. The summed E-state index contributed by atoms with van der Waals surface area (Å²) in [6.45, 7) is 14.1. The molecular weight excluding hydrogens is 548 g/mol. The van der Waals surface area contributed by atoms with Crippen LogP contribution >= 0.6 is 11.3 Å². The van der Waals surface area contributed by atoms with Crippen LogP contribution in [-0.2, 0) is 17.6 Å². The Hall–Kier alpha value is -2.95. The lowest BCUT2D eigenvalue weighted by atomic mass is 9.96. The van der Waals surface area contributed by atoms with Crippen LogP contribution in [0.4, 0.5) is 9.93 Å². The Labute approximate surface area is 253 Å². The first-order valence-electron chi connectivity index (χ1n) is 15.5. The third-order valence-electron chi connectivity index (χ3n) is 8.29. The van der Waals surface area contributed by atoms with E-state index < -0.39 is 11.7 Å². The summed E-state index contributed by atoms with van der Waals surface area (Å²) < 4.78 is 7.10. The maximum atomic E-state index is 13.7. The van der Waals surface area contributed by atoms with E-state index in [9.17, 15) is 9.59 Å². The molecule has 3 aromatic rings. The van der Waals surface area contributed by atoms with Gasteiger partial charge in [-0.15, -0.1) is 11.3 Å². The smallest absolute Gasteiger partial charge is 0.419 e. The van der Waals surface area contributed by atoms with Crippen LogP contribution in [0.5, 0.6) is 0 Å². The number of carbonyl (C=O) groups excluding carboxylic acids is 2. The molecule has 1 aliphatic heterocycles. The number of benzene rings is 1. The second kappa shape index (κ2) is 13.1. The summed E-state index contributed by atoms with van der Waals surface area (Å²) in [6.07, 6.45) is 6.24. The van der Waals surface area contributed by atoms with Gasteiger partial charge < -0.3 is 20.3 Å². The van der Waals surface area contributed by atoms with E-state index >= 15 is 0 Å². The van der Waals surface area contributed by atoms with E-state index in [2.05, 4.69) is 21.7 Å². The van der Waals surface area contributed by atoms with Gasteiger partial charge in [0, 0.05) is 42.5 Å². The number of rotatable bonds is 9. The molecule has 0 spiro atoms. The highest BCUT2D eigenvalue weighted by atomic mass is 32.1. The molecule has 1 atom stereocenters. The van der Waals surface area contributed by atoms with Crippen molar-refractivity contribution in [3.63, 3.8) is 0 Å². The Morgan fingerprint density at radius 2 is 1.88 bits per heavy atom. The number of anilines is 1. The molecule has 42 heavy (non-hydrogen) atoms. The summed E-state index contributed by atoms with van der Waals surface area (Å²) >= 11 is 1.66. The number of aryl methyl sites for hydroxylation is 1. The number of hydrogen-bond acceptors (Lipinski definition) is 8. The maximum absolute atomic E-state index is 13.7. The number of hydrogen-bond donors (Lipinski definition) is 1. The molecule has 1 amide bonds. The van der Waals surface area contributed by atoms with Crippen molar-refractivity contribution in [2.45, 2.75) is 77.9 Å². The number of aromatic nitrogens is 2. The molecule has 3 heterocycles. The van der Waals surface area contributed by atoms with Gasteiger partial charge in [-0.05, 0) is 91.1 Å². The van der Waals surface area contributed by atoms with Gasteiger partial charge >= 0.3 is 6.09 Å². The van der Waals surface area contributed by atoms with Crippen LogP contribution in [0.1, 0.15) is 74.4 Å². The third-order valence-corrected chi connectivity index (χ3v) is 9.24. The zero-order chi connectivity index (χ0) is 29.9. The highest BCUT2D eigenvalue weighted by Gasteiger charge is 2.30. The van der Waals surface area contributed by atoms with E-state index in [1.54, 1.807) is 11.3 Å². The fraction of sp³-hybridized carbons (Fsp3) is 0.594. The molecule has 9 nitrogen and oxygen atoms in total. The predicted octanol–water partition coefficient (Wildman–Crippen LogP) is 5.27. The Kier molecular flexibility index (Phi) is 9.54. The number of para-hydroxylation sites is 1. The van der Waals surface area contributed by atoms with E-state index in [-0.39, 0.29) is 5.91 Å². The molecule has 0 saturated carbocycles. The maximum Gasteiger partial charge on any atom is 0.419 e. The van der Waals surface area contributed by atoms with E-state index in [0.717, 1.165) is 63.8 Å². The average molecular weight is 595 g/mol. The van der Waals surface area contributed by atoms with Crippen LogP contribution in [-0.4, -0.2) is 93.7 Å². The number of carbonyl (C=O) groups is 2. The van der Waals surface area contributed by atoms with Crippen LogP contribution in [0, 0.1) is 0 Å². The van der Waals surface area contributed by atoms with Gasteiger partial charge in [0.1, 0.15) is 11.3 Å². The lowest BCUT2D eigenvalue weighted by molar-refractivity contribution is 0.0505. The number of fused-ring (bicyclic) bond motifs is 2. The lowest BCUT2D eigenvalue weighted by Crippen LogP contribution is -2.49. The molecule has 2 aromatic heterocycles. The van der Waals surface area contributed by atoms with Crippen molar-refractivity contribution in [2.75, 3.05) is 51.5 Å². The van der Waals surface area contributed by atoms with Gasteiger partial charge in [0.15, 0.2) is 5.13 Å². The van der Waals surface area contributed by atoms with Crippen LogP contribution < -0.4 is 5.73 Å². The van der Waals surface area contributed by atoms with Crippen molar-refractivity contribution >= 4 is 39.4 Å². The first-order valence-corrected chi connectivity index (χ1v) is 16.3. The SMILES string of the molecule is CCCN(CCCCN1CCN(C(=O)c2cc3ccccc3n2C(=O)OC(C)(C)C)CC1)C1CCc2nc(N)sc2C1. The number of nitrogen functional groups attached to an aromatic ring is 1. The molecule has 1 unspecified atom stereocenters. The van der Waals surface area contributed by atoms with Crippen molar-refractivity contribution in [2.24, 2.45) is 0 Å². The summed E-state index contributed by atoms with van der Waals surface area (Å²) in [5.41, 5.74) is 7.58. The Bertz CT molecular complexity index is 1380. The van der Waals surface area contributed by atoms with Crippen molar-refractivity contribution in [3.8, 4) is 0 Å². The van der Waals surface area contributed by atoms with Crippen molar-refractivity contribution in [1.82, 2.24) is 24.3 Å². The molecule has 1 fully saturated rings. The minimum atomic E-state index is -0.655. The second-order valence-corrected chi connectivity index (χ2v) is 13.7. The van der Waals surface area contributed by atoms with Crippen LogP contribution in [0.3, 0.4) is 0 Å². The van der Waals surface area contributed by atoms with Crippen molar-refractivity contribution in [3.05, 3.63) is 46.6 Å². The largest absolute Gasteiger partial charge is 0.443 e. The Balaban J connectivity index is 1.12. The van der Waals surface area contributed by atoms with Gasteiger partial charge in [-0.25, -0.2) is 14.3 Å². The third kappa shape index (κ3) is 7.15. The lowest BCUT2D eigenvalue weighted by Gasteiger charge is -2.35. The van der Waals surface area contributed by atoms with E-state index in [4.69, 9.17) is 10.5 Å². The first kappa shape index (κ1) is 30.5. The topological polar surface area (TPSA) is 96.9 Å². The predicted molar refractivity (Wildman–Crippen MR) is 169 cm³/mol. The number of thiazole rings is 1. The van der Waals surface area contributed by atoms with Crippen LogP contribution in [0.2, 0.25) is 0 Å². The fourth-order valence-corrected chi connectivity index (χ4v) is 7.21. The number of nitrogens with two attached hydrogens (primary N) is 1. The molecule has 2 N–H and O–H groups in total. The van der Waals surface area contributed by atoms with E-state index in [1.807, 2.05) is 56.0 Å². The summed E-state index contributed by atoms with van der Waals surface area (Å²) in [5.74, 6) is -0.120. The standard InChI is InChI=1S/C32H46N6O3S/c1-5-14-36(24-12-13-25-28(22-24)42-30(33)34-25)16-9-8-15-35-17-19-37(20-18-35)29(39)27-21-23-10-6-7-11-26(23)38(27)31(40)41-32(2,3)4/h6-7,10-11,21,24H,5,8-9,12-20,22H2,1-4H3,(H2,33,34). The molecular formula is C32H46N6O3S. The van der Waals surface area contributed by atoms with E-state index in [0.29, 0.717) is 35.5 Å². The first-order chi connectivity index (χ1) is 20.1. The normalized spacial score (nSPS) is 18.0. The molecule has 1 aromatic carbocycles. The number of nitrogens with zero attached hydrogens (tertiary/aromatic N) is 5. The van der Waals surface area contributed by atoms with Gasteiger partial charge in [0.25, 0.3) is 5.91 Å². The Morgan fingerprint density at radius 3 is 2.62 bits per heavy atom. The number of piperazine rings is 1. The fourth-order valence-electron chi connectivity index (χ4n) is 6.26. The molecule has 0 radical (unpaired) electrons. The van der Waals surface area contributed by atoms with Crippen molar-refractivity contribution in [1.29, 1.82) is 0 Å². The minimum absolute atomic E-state index is 0.120. The molecule has 2 aliphatic rings. The van der Waals surface area contributed by atoms with E-state index in [1.165, 1.54) is 28.0 Å². The highest BCUT2D eigenvalue weighted by Crippen LogP contribution is 2.30. The summed E-state index contributed by atoms with van der Waals surface area (Å²) in [5, 5.41) is 1.56. The van der Waals surface area contributed by atoms with Crippen LogP contribution in [0.15, 0.2) is 30.3 Å². The van der Waals surface area contributed by atoms with Gasteiger partial charge in [-0.2, -0.15) is 0 Å². The average Bonchev–Trinajstić information content (AvgIpc) is 3.53. The summed E-state index contributed by atoms with van der Waals surface area (Å²) in [7, 11) is 0. The van der Waals surface area contributed by atoms with Crippen LogP contribution in [0.25, 0.3) is 10.9 Å². The number of ether oxygens (including phenoxy) is 1. The molecule has 0 bridgehead atoms. The molecule has 1 aliphatic carbocycles. The zero-order valence-electron chi connectivity index (χ0n) is 25.6. The van der Waals surface area contributed by atoms with Crippen molar-refractivity contribution < 1.29 is 14.3 Å². The highest BCUT2D eigenvalue weighted by molar-refractivity contribution is 7.15. The minimum Gasteiger partial charge on any atom is -0.443 e. The van der Waals surface area contributed by atoms with Gasteiger partial charge in [-0.3, -0.25) is 9.69 Å².